The van der Waals surface area contributed by atoms with Gasteiger partial charge in [0.1, 0.15) is 6.04 Å². The molecule has 2 N–H and O–H groups in total. The monoisotopic (exact) mass is 367 g/mol. The predicted octanol–water partition coefficient (Wildman–Crippen LogP) is 1.57. The topological polar surface area (TPSA) is 95.6 Å². The van der Waals surface area contributed by atoms with Crippen LogP contribution in [0, 0.1) is 5.92 Å². The van der Waals surface area contributed by atoms with Gasteiger partial charge in [-0.25, -0.2) is 8.42 Å². The van der Waals surface area contributed by atoms with E-state index in [1.54, 1.807) is 12.1 Å². The minimum absolute atomic E-state index is 0.0968. The van der Waals surface area contributed by atoms with Crippen LogP contribution in [0.25, 0.3) is 0 Å². The molecule has 0 radical (unpaired) electrons. The molecule has 2 amide bonds. The van der Waals surface area contributed by atoms with Gasteiger partial charge in [-0.2, -0.15) is 4.31 Å². The Morgan fingerprint density at radius 3 is 2.36 bits per heavy atom. The summed E-state index contributed by atoms with van der Waals surface area (Å²) >= 11 is 0. The Bertz CT molecular complexity index is 740. The minimum atomic E-state index is -3.54. The third kappa shape index (κ3) is 4.79. The molecular formula is C17H25N3O4S. The highest BCUT2D eigenvalue weighted by molar-refractivity contribution is 7.89. The summed E-state index contributed by atoms with van der Waals surface area (Å²) < 4.78 is 26.7. The van der Waals surface area contributed by atoms with Crippen LogP contribution in [0.2, 0.25) is 0 Å². The van der Waals surface area contributed by atoms with Crippen LogP contribution in [-0.2, 0) is 19.6 Å². The molecule has 1 aliphatic rings. The second-order valence-electron chi connectivity index (χ2n) is 6.55. The molecule has 138 valence electrons. The third-order valence-electron chi connectivity index (χ3n) is 4.11. The number of anilines is 1. The van der Waals surface area contributed by atoms with Crippen molar-refractivity contribution in [3.8, 4) is 0 Å². The lowest BCUT2D eigenvalue weighted by molar-refractivity contribution is -0.126. The molecule has 1 aliphatic heterocycles. The van der Waals surface area contributed by atoms with Gasteiger partial charge in [-0.3, -0.25) is 9.59 Å². The molecule has 25 heavy (non-hydrogen) atoms. The number of amides is 2. The van der Waals surface area contributed by atoms with Crippen LogP contribution < -0.4 is 10.6 Å². The van der Waals surface area contributed by atoms with E-state index in [2.05, 4.69) is 10.6 Å². The lowest BCUT2D eigenvalue weighted by Gasteiger charge is -2.21. The highest BCUT2D eigenvalue weighted by Crippen LogP contribution is 2.23. The van der Waals surface area contributed by atoms with Crippen molar-refractivity contribution in [2.45, 2.75) is 44.6 Å². The molecule has 0 unspecified atom stereocenters. The normalized spacial score (nSPS) is 16.6. The van der Waals surface area contributed by atoms with Crippen molar-refractivity contribution in [3.63, 3.8) is 0 Å². The van der Waals surface area contributed by atoms with E-state index in [1.165, 1.54) is 23.4 Å². The maximum Gasteiger partial charge on any atom is 0.247 e. The number of hydrogen-bond acceptors (Lipinski definition) is 4. The summed E-state index contributed by atoms with van der Waals surface area (Å²) in [6.07, 6.45) is 1.73. The second kappa shape index (κ2) is 7.97. The molecule has 1 atom stereocenters. The van der Waals surface area contributed by atoms with E-state index in [4.69, 9.17) is 0 Å². The van der Waals surface area contributed by atoms with Crippen molar-refractivity contribution < 1.29 is 18.0 Å². The molecule has 8 heteroatoms. The Hall–Kier alpha value is -1.93. The highest BCUT2D eigenvalue weighted by Gasteiger charge is 2.28. The zero-order chi connectivity index (χ0) is 18.6. The fourth-order valence-corrected chi connectivity index (χ4v) is 4.35. The Morgan fingerprint density at radius 2 is 1.80 bits per heavy atom. The standard InChI is InChI=1S/C17H25N3O4S/c1-12(2)16(18-13(3)21)17(22)19-14-7-6-8-15(11-14)25(23,24)20-9-4-5-10-20/h6-8,11-12,16H,4-5,9-10H2,1-3H3,(H,18,21)(H,19,22)/t16-/m0/s1. The molecule has 0 spiro atoms. The zero-order valence-electron chi connectivity index (χ0n) is 14.8. The predicted molar refractivity (Wildman–Crippen MR) is 95.5 cm³/mol. The summed E-state index contributed by atoms with van der Waals surface area (Å²) in [4.78, 5) is 23.9. The summed E-state index contributed by atoms with van der Waals surface area (Å²) in [5.41, 5.74) is 0.390. The van der Waals surface area contributed by atoms with E-state index >= 15 is 0 Å². The van der Waals surface area contributed by atoms with Crippen LogP contribution in [0.3, 0.4) is 0 Å². The molecule has 1 heterocycles. The van der Waals surface area contributed by atoms with Gasteiger partial charge in [-0.15, -0.1) is 0 Å². The summed E-state index contributed by atoms with van der Waals surface area (Å²) in [6, 6.07) is 5.53. The van der Waals surface area contributed by atoms with E-state index in [0.717, 1.165) is 12.8 Å². The van der Waals surface area contributed by atoms with E-state index in [1.807, 2.05) is 13.8 Å². The van der Waals surface area contributed by atoms with Gasteiger partial charge in [-0.05, 0) is 37.0 Å². The van der Waals surface area contributed by atoms with Crippen LogP contribution in [-0.4, -0.2) is 43.7 Å². The number of benzene rings is 1. The quantitative estimate of drug-likeness (QED) is 0.798. The third-order valence-corrected chi connectivity index (χ3v) is 6.01. The van der Waals surface area contributed by atoms with Gasteiger partial charge in [0.2, 0.25) is 21.8 Å². The average Bonchev–Trinajstić information content (AvgIpc) is 3.07. The van der Waals surface area contributed by atoms with Gasteiger partial charge in [0, 0.05) is 25.7 Å². The first-order valence-electron chi connectivity index (χ1n) is 8.40. The second-order valence-corrected chi connectivity index (χ2v) is 8.49. The van der Waals surface area contributed by atoms with Gasteiger partial charge < -0.3 is 10.6 Å². The van der Waals surface area contributed by atoms with Gasteiger partial charge in [0.05, 0.1) is 4.90 Å². The molecule has 0 aliphatic carbocycles. The first-order valence-corrected chi connectivity index (χ1v) is 9.84. The summed E-state index contributed by atoms with van der Waals surface area (Å²) in [5.74, 6) is -0.763. The lowest BCUT2D eigenvalue weighted by atomic mass is 10.0. The Kier molecular flexibility index (Phi) is 6.18. The first kappa shape index (κ1) is 19.4. The summed E-state index contributed by atoms with van der Waals surface area (Å²) in [7, 11) is -3.54. The van der Waals surface area contributed by atoms with Crippen molar-refractivity contribution >= 4 is 27.5 Å². The number of nitrogens with one attached hydrogen (secondary N) is 2. The molecule has 1 fully saturated rings. The van der Waals surface area contributed by atoms with Crippen LogP contribution in [0.5, 0.6) is 0 Å². The molecule has 1 aromatic carbocycles. The first-order chi connectivity index (χ1) is 11.7. The minimum Gasteiger partial charge on any atom is -0.344 e. The van der Waals surface area contributed by atoms with Crippen molar-refractivity contribution in [3.05, 3.63) is 24.3 Å². The molecule has 7 nitrogen and oxygen atoms in total. The van der Waals surface area contributed by atoms with Crippen LogP contribution in [0.4, 0.5) is 5.69 Å². The van der Waals surface area contributed by atoms with Gasteiger partial charge in [0.15, 0.2) is 0 Å². The Labute approximate surface area is 148 Å². The Morgan fingerprint density at radius 1 is 1.16 bits per heavy atom. The summed E-state index contributed by atoms with van der Waals surface area (Å²) in [6.45, 7) is 6.06. The average molecular weight is 367 g/mol. The Balaban J connectivity index is 2.18. The number of rotatable bonds is 6. The molecule has 2 rings (SSSR count). The molecule has 0 saturated carbocycles. The zero-order valence-corrected chi connectivity index (χ0v) is 15.6. The van der Waals surface area contributed by atoms with Gasteiger partial charge in [0.25, 0.3) is 0 Å². The molecule has 0 bridgehead atoms. The fraction of sp³-hybridized carbons (Fsp3) is 0.529. The number of carbonyl (C=O) groups excluding carboxylic acids is 2. The fourth-order valence-electron chi connectivity index (χ4n) is 2.79. The van der Waals surface area contributed by atoms with Crippen molar-refractivity contribution in [1.82, 2.24) is 9.62 Å². The SMILES string of the molecule is CC(=O)N[C@H](C(=O)Nc1cccc(S(=O)(=O)N2CCCC2)c1)C(C)C. The molecule has 0 aromatic heterocycles. The maximum absolute atomic E-state index is 12.6. The van der Waals surface area contributed by atoms with Crippen molar-refractivity contribution in [2.24, 2.45) is 5.92 Å². The molecule has 1 saturated heterocycles. The number of sulfonamides is 1. The van der Waals surface area contributed by atoms with Gasteiger partial charge in [-0.1, -0.05) is 19.9 Å². The van der Waals surface area contributed by atoms with E-state index < -0.39 is 16.1 Å². The lowest BCUT2D eigenvalue weighted by Crippen LogP contribution is -2.46. The summed E-state index contributed by atoms with van der Waals surface area (Å²) in [5, 5.41) is 5.31. The van der Waals surface area contributed by atoms with Crippen molar-refractivity contribution in [2.75, 3.05) is 18.4 Å². The molecular weight excluding hydrogens is 342 g/mol. The smallest absolute Gasteiger partial charge is 0.247 e. The largest absolute Gasteiger partial charge is 0.344 e. The highest BCUT2D eigenvalue weighted by atomic mass is 32.2. The van der Waals surface area contributed by atoms with Crippen LogP contribution in [0.1, 0.15) is 33.6 Å². The van der Waals surface area contributed by atoms with Gasteiger partial charge >= 0.3 is 0 Å². The maximum atomic E-state index is 12.6. The van der Waals surface area contributed by atoms with E-state index in [9.17, 15) is 18.0 Å². The number of hydrogen-bond donors (Lipinski definition) is 2. The van der Waals surface area contributed by atoms with Crippen LogP contribution in [0.15, 0.2) is 29.2 Å². The van der Waals surface area contributed by atoms with Crippen LogP contribution >= 0.6 is 0 Å². The number of nitrogens with zero attached hydrogens (tertiary/aromatic N) is 1. The molecule has 1 aromatic rings. The van der Waals surface area contributed by atoms with Crippen molar-refractivity contribution in [1.29, 1.82) is 0 Å². The number of carbonyl (C=O) groups is 2. The van der Waals surface area contributed by atoms with E-state index in [-0.39, 0.29) is 22.6 Å². The van der Waals surface area contributed by atoms with E-state index in [0.29, 0.717) is 18.8 Å².